The number of hydrogen-bond donors (Lipinski definition) is 2. The van der Waals surface area contributed by atoms with E-state index in [1.807, 2.05) is 24.3 Å². The van der Waals surface area contributed by atoms with Gasteiger partial charge in [-0.25, -0.2) is 12.8 Å². The molecule has 0 amide bonds. The Hall–Kier alpha value is -3.56. The molecule has 1 aromatic heterocycles. The molecule has 0 radical (unpaired) electrons. The fourth-order valence-corrected chi connectivity index (χ4v) is 4.33. The average Bonchev–Trinajstić information content (AvgIpc) is 2.79. The van der Waals surface area contributed by atoms with Crippen molar-refractivity contribution in [1.29, 1.82) is 10.8 Å². The number of anilines is 2. The van der Waals surface area contributed by atoms with E-state index in [9.17, 15) is 12.8 Å². The van der Waals surface area contributed by atoms with E-state index in [1.165, 1.54) is 16.7 Å². The Morgan fingerprint density at radius 1 is 1.09 bits per heavy atom. The van der Waals surface area contributed by atoms with Crippen molar-refractivity contribution in [3.8, 4) is 11.1 Å². The van der Waals surface area contributed by atoms with Gasteiger partial charge in [-0.05, 0) is 47.5 Å². The number of halogens is 2. The molecule has 2 N–H and O–H groups in total. The summed E-state index contributed by atoms with van der Waals surface area (Å²) < 4.78 is 39.0. The lowest BCUT2D eigenvalue weighted by molar-refractivity contribution is 0.602. The van der Waals surface area contributed by atoms with Crippen LogP contribution in [0.25, 0.3) is 22.0 Å². The van der Waals surface area contributed by atoms with Gasteiger partial charge in [0.2, 0.25) is 5.62 Å². The highest BCUT2D eigenvalue weighted by molar-refractivity contribution is 7.90. The van der Waals surface area contributed by atoms with E-state index in [4.69, 9.17) is 22.4 Å². The maximum atomic E-state index is 14.3. The monoisotopic (exact) mass is 483 g/mol. The zero-order valence-electron chi connectivity index (χ0n) is 17.7. The molecule has 0 aliphatic carbocycles. The first-order chi connectivity index (χ1) is 15.6. The van der Waals surface area contributed by atoms with Crippen molar-refractivity contribution in [3.63, 3.8) is 0 Å². The highest BCUT2D eigenvalue weighted by Crippen LogP contribution is 2.33. The molecule has 0 fully saturated rings. The smallest absolute Gasteiger partial charge is 0.229 e. The summed E-state index contributed by atoms with van der Waals surface area (Å²) >= 11 is 5.95. The molecule has 168 valence electrons. The molecule has 33 heavy (non-hydrogen) atoms. The summed E-state index contributed by atoms with van der Waals surface area (Å²) in [6, 6.07) is 16.7. The van der Waals surface area contributed by atoms with E-state index >= 15 is 0 Å². The lowest BCUT2D eigenvalue weighted by Gasteiger charge is -2.22. The van der Waals surface area contributed by atoms with Crippen LogP contribution in [0.2, 0.25) is 5.02 Å². The summed E-state index contributed by atoms with van der Waals surface area (Å²) in [5.74, 6) is -0.303. The van der Waals surface area contributed by atoms with Crippen LogP contribution in [0.4, 0.5) is 15.9 Å². The first kappa shape index (κ1) is 22.6. The van der Waals surface area contributed by atoms with Gasteiger partial charge in [0, 0.05) is 24.4 Å². The maximum Gasteiger partial charge on any atom is 0.229 e. The van der Waals surface area contributed by atoms with Gasteiger partial charge in [0.15, 0.2) is 9.84 Å². The molecule has 4 rings (SSSR count). The fourth-order valence-electron chi connectivity index (χ4n) is 3.54. The van der Waals surface area contributed by atoms with Crippen molar-refractivity contribution in [2.75, 3.05) is 18.2 Å². The van der Waals surface area contributed by atoms with Gasteiger partial charge in [0.05, 0.1) is 21.8 Å². The molecular formula is C23H19ClFN5O2S. The van der Waals surface area contributed by atoms with Crippen LogP contribution in [0.5, 0.6) is 0 Å². The molecule has 0 spiro atoms. The van der Waals surface area contributed by atoms with Crippen LogP contribution in [-0.2, 0) is 9.84 Å². The Bertz CT molecular complexity index is 1570. The SMILES string of the molecule is CN(c1cccc(-c2ccc(S(C)(=O)=O)cc2)c1)c1nc(=N)n(C=N)c2cc(Cl)c(F)cc12. The predicted molar refractivity (Wildman–Crippen MR) is 128 cm³/mol. The Balaban J connectivity index is 1.83. The Morgan fingerprint density at radius 3 is 2.42 bits per heavy atom. The maximum absolute atomic E-state index is 14.3. The summed E-state index contributed by atoms with van der Waals surface area (Å²) in [6.07, 6.45) is 2.09. The number of aromatic nitrogens is 2. The van der Waals surface area contributed by atoms with Crippen molar-refractivity contribution >= 4 is 50.2 Å². The van der Waals surface area contributed by atoms with E-state index in [0.717, 1.165) is 29.4 Å². The minimum atomic E-state index is -3.29. The van der Waals surface area contributed by atoms with Crippen LogP contribution in [0, 0.1) is 16.6 Å². The second-order valence-electron chi connectivity index (χ2n) is 7.45. The van der Waals surface area contributed by atoms with Crippen LogP contribution < -0.4 is 10.5 Å². The quantitative estimate of drug-likeness (QED) is 0.320. The van der Waals surface area contributed by atoms with Crippen molar-refractivity contribution in [2.24, 2.45) is 0 Å². The molecule has 0 bridgehead atoms. The Morgan fingerprint density at radius 2 is 1.79 bits per heavy atom. The van der Waals surface area contributed by atoms with Crippen molar-refractivity contribution in [1.82, 2.24) is 9.55 Å². The zero-order chi connectivity index (χ0) is 23.9. The third-order valence-electron chi connectivity index (χ3n) is 5.28. The first-order valence-electron chi connectivity index (χ1n) is 9.71. The van der Waals surface area contributed by atoms with Crippen LogP contribution >= 0.6 is 11.6 Å². The van der Waals surface area contributed by atoms with Gasteiger partial charge in [-0.1, -0.05) is 35.9 Å². The van der Waals surface area contributed by atoms with Gasteiger partial charge < -0.3 is 4.90 Å². The summed E-state index contributed by atoms with van der Waals surface area (Å²) in [7, 11) is -1.54. The summed E-state index contributed by atoms with van der Waals surface area (Å²) in [4.78, 5) is 6.25. The van der Waals surface area contributed by atoms with Crippen LogP contribution in [-0.4, -0.2) is 37.6 Å². The normalized spacial score (nSPS) is 11.5. The highest BCUT2D eigenvalue weighted by atomic mass is 35.5. The number of hydrogen-bond acceptors (Lipinski definition) is 6. The van der Waals surface area contributed by atoms with Gasteiger partial charge >= 0.3 is 0 Å². The number of fused-ring (bicyclic) bond motifs is 1. The molecule has 0 saturated heterocycles. The zero-order valence-corrected chi connectivity index (χ0v) is 19.2. The number of benzene rings is 3. The molecule has 0 aliphatic rings. The van der Waals surface area contributed by atoms with Gasteiger partial charge in [-0.3, -0.25) is 15.4 Å². The summed E-state index contributed by atoms with van der Waals surface area (Å²) in [6.45, 7) is 0. The van der Waals surface area contributed by atoms with Gasteiger partial charge in [-0.2, -0.15) is 4.98 Å². The molecule has 1 heterocycles. The molecule has 4 aromatic rings. The standard InChI is InChI=1S/C23H19ClFN5O2S/c1-29(22-18-11-20(25)19(24)12-21(18)30(13-26)23(27)28-22)16-5-3-4-15(10-16)14-6-8-17(9-7-14)33(2,31)32/h3-13,26-27H,1-2H3. The van der Waals surface area contributed by atoms with Crippen molar-refractivity contribution in [2.45, 2.75) is 4.90 Å². The number of nitrogens with zero attached hydrogens (tertiary/aromatic N) is 3. The molecule has 10 heteroatoms. The topological polar surface area (TPSA) is 103 Å². The lowest BCUT2D eigenvalue weighted by atomic mass is 10.0. The van der Waals surface area contributed by atoms with Gasteiger partial charge in [0.25, 0.3) is 0 Å². The average molecular weight is 484 g/mol. The van der Waals surface area contributed by atoms with Crippen molar-refractivity contribution in [3.05, 3.63) is 77.1 Å². The van der Waals surface area contributed by atoms with E-state index < -0.39 is 15.7 Å². The van der Waals surface area contributed by atoms with Crippen molar-refractivity contribution < 1.29 is 12.8 Å². The Labute approximate surface area is 194 Å². The second-order valence-corrected chi connectivity index (χ2v) is 9.87. The molecule has 0 aliphatic heterocycles. The number of rotatable bonds is 5. The third kappa shape index (κ3) is 4.24. The number of nitrogens with one attached hydrogen (secondary N) is 2. The third-order valence-corrected chi connectivity index (χ3v) is 6.69. The Kier molecular flexibility index (Phi) is 5.77. The van der Waals surface area contributed by atoms with E-state index in [1.54, 1.807) is 36.2 Å². The largest absolute Gasteiger partial charge is 0.329 e. The summed E-state index contributed by atoms with van der Waals surface area (Å²) in [5, 5.41) is 16.1. The predicted octanol–water partition coefficient (Wildman–Crippen LogP) is 4.60. The minimum Gasteiger partial charge on any atom is -0.329 e. The van der Waals surface area contributed by atoms with Crippen LogP contribution in [0.3, 0.4) is 0 Å². The first-order valence-corrected chi connectivity index (χ1v) is 12.0. The highest BCUT2D eigenvalue weighted by Gasteiger charge is 2.16. The molecule has 3 aromatic carbocycles. The van der Waals surface area contributed by atoms with E-state index in [0.29, 0.717) is 16.7 Å². The van der Waals surface area contributed by atoms with Crippen LogP contribution in [0.15, 0.2) is 65.6 Å². The summed E-state index contributed by atoms with van der Waals surface area (Å²) in [5.41, 5.74) is 2.56. The van der Waals surface area contributed by atoms with E-state index in [-0.39, 0.29) is 15.5 Å². The molecule has 0 atom stereocenters. The van der Waals surface area contributed by atoms with Gasteiger partial charge in [0.1, 0.15) is 11.6 Å². The minimum absolute atomic E-state index is 0.114. The lowest BCUT2D eigenvalue weighted by Crippen LogP contribution is -2.26. The molecule has 0 saturated carbocycles. The second kappa shape index (κ2) is 8.42. The fraction of sp³-hybridized carbons (Fsp3) is 0.0870. The van der Waals surface area contributed by atoms with Gasteiger partial charge in [-0.15, -0.1) is 0 Å². The van der Waals surface area contributed by atoms with E-state index in [2.05, 4.69) is 4.98 Å². The molecule has 0 unspecified atom stereocenters. The number of sulfone groups is 1. The van der Waals surface area contributed by atoms with Crippen LogP contribution in [0.1, 0.15) is 0 Å². The molecular weight excluding hydrogens is 465 g/mol. The molecule has 7 nitrogen and oxygen atoms in total.